The fourth-order valence-corrected chi connectivity index (χ4v) is 1.90. The van der Waals surface area contributed by atoms with Crippen LogP contribution in [0.2, 0.25) is 0 Å². The van der Waals surface area contributed by atoms with Gasteiger partial charge in [0.05, 0.1) is 6.26 Å². The fraction of sp³-hybridized carbons (Fsp3) is 0.286. The van der Waals surface area contributed by atoms with E-state index in [0.717, 1.165) is 36.7 Å². The molecular weight excluding hydrogens is 258 g/mol. The third-order valence-corrected chi connectivity index (χ3v) is 2.84. The number of anilines is 1. The molecule has 0 fully saturated rings. The number of rotatable bonds is 5. The first-order valence-electron chi connectivity index (χ1n) is 6.25. The summed E-state index contributed by atoms with van der Waals surface area (Å²) in [7, 11) is 0. The summed E-state index contributed by atoms with van der Waals surface area (Å²) in [4.78, 5) is 4.33. The first-order chi connectivity index (χ1) is 9.24. The number of aromatic nitrogens is 1. The van der Waals surface area contributed by atoms with Gasteiger partial charge in [-0.15, -0.1) is 0 Å². The number of nitrogens with one attached hydrogen (secondary N) is 2. The molecule has 0 aromatic carbocycles. The van der Waals surface area contributed by atoms with Gasteiger partial charge in [-0.25, -0.2) is 4.98 Å². The second kappa shape index (κ2) is 6.89. The highest BCUT2D eigenvalue weighted by molar-refractivity contribution is 7.80. The van der Waals surface area contributed by atoms with Crippen molar-refractivity contribution in [3.8, 4) is 0 Å². The van der Waals surface area contributed by atoms with E-state index >= 15 is 0 Å². The van der Waals surface area contributed by atoms with Crippen molar-refractivity contribution in [2.75, 3.05) is 11.9 Å². The van der Waals surface area contributed by atoms with E-state index in [1.54, 1.807) is 6.26 Å². The lowest BCUT2D eigenvalue weighted by Crippen LogP contribution is -2.29. The Balaban J connectivity index is 1.67. The summed E-state index contributed by atoms with van der Waals surface area (Å²) in [5.74, 6) is 1.77. The SMILES string of the molecule is Cc1cccc(NC(=S)NCCCc2ccco2)n1. The first-order valence-corrected chi connectivity index (χ1v) is 6.66. The van der Waals surface area contributed by atoms with Crippen molar-refractivity contribution in [3.63, 3.8) is 0 Å². The van der Waals surface area contributed by atoms with Crippen LogP contribution in [-0.2, 0) is 6.42 Å². The maximum Gasteiger partial charge on any atom is 0.171 e. The summed E-state index contributed by atoms with van der Waals surface area (Å²) in [6, 6.07) is 9.67. The quantitative estimate of drug-likeness (QED) is 0.649. The highest BCUT2D eigenvalue weighted by Crippen LogP contribution is 2.04. The van der Waals surface area contributed by atoms with Crippen molar-refractivity contribution in [2.24, 2.45) is 0 Å². The van der Waals surface area contributed by atoms with E-state index < -0.39 is 0 Å². The normalized spacial score (nSPS) is 10.2. The Bertz CT molecular complexity index is 525. The number of hydrogen-bond donors (Lipinski definition) is 2. The molecule has 0 unspecified atom stereocenters. The van der Waals surface area contributed by atoms with Gasteiger partial charge in [-0.05, 0) is 49.8 Å². The van der Waals surface area contributed by atoms with Gasteiger partial charge in [0, 0.05) is 18.7 Å². The summed E-state index contributed by atoms with van der Waals surface area (Å²) in [6.07, 6.45) is 3.57. The molecule has 0 saturated heterocycles. The fourth-order valence-electron chi connectivity index (χ4n) is 1.69. The van der Waals surface area contributed by atoms with E-state index in [1.165, 1.54) is 0 Å². The van der Waals surface area contributed by atoms with Crippen LogP contribution in [0.3, 0.4) is 0 Å². The van der Waals surface area contributed by atoms with Gasteiger partial charge in [0.25, 0.3) is 0 Å². The van der Waals surface area contributed by atoms with Gasteiger partial charge >= 0.3 is 0 Å². The van der Waals surface area contributed by atoms with E-state index in [1.807, 2.05) is 37.3 Å². The van der Waals surface area contributed by atoms with Crippen molar-refractivity contribution in [3.05, 3.63) is 48.0 Å². The van der Waals surface area contributed by atoms with E-state index in [2.05, 4.69) is 15.6 Å². The Kier molecular flexibility index (Phi) is 4.92. The van der Waals surface area contributed by atoms with Crippen LogP contribution >= 0.6 is 12.2 Å². The van der Waals surface area contributed by atoms with Crippen LogP contribution in [0.15, 0.2) is 41.0 Å². The van der Waals surface area contributed by atoms with Crippen molar-refractivity contribution in [1.82, 2.24) is 10.3 Å². The molecule has 0 amide bonds. The second-order valence-electron chi connectivity index (χ2n) is 4.23. The second-order valence-corrected chi connectivity index (χ2v) is 4.64. The largest absolute Gasteiger partial charge is 0.469 e. The predicted octanol–water partition coefficient (Wildman–Crippen LogP) is 2.90. The van der Waals surface area contributed by atoms with Gasteiger partial charge in [0.15, 0.2) is 5.11 Å². The molecule has 0 spiro atoms. The molecule has 0 aliphatic carbocycles. The van der Waals surface area contributed by atoms with Crippen LogP contribution in [-0.4, -0.2) is 16.6 Å². The van der Waals surface area contributed by atoms with Crippen LogP contribution in [0.5, 0.6) is 0 Å². The minimum absolute atomic E-state index is 0.595. The standard InChI is InChI=1S/C14H17N3OS/c1-11-5-2-8-13(16-11)17-14(19)15-9-3-6-12-7-4-10-18-12/h2,4-5,7-8,10H,3,6,9H2,1H3,(H2,15,16,17,19). The molecule has 2 rings (SSSR count). The van der Waals surface area contributed by atoms with E-state index in [0.29, 0.717) is 5.11 Å². The smallest absolute Gasteiger partial charge is 0.171 e. The van der Waals surface area contributed by atoms with Crippen LogP contribution in [0, 0.1) is 6.92 Å². The summed E-state index contributed by atoms with van der Waals surface area (Å²) in [5.41, 5.74) is 0.964. The molecule has 0 aliphatic rings. The summed E-state index contributed by atoms with van der Waals surface area (Å²) >= 11 is 5.21. The first kappa shape index (κ1) is 13.5. The Morgan fingerprint density at radius 3 is 2.95 bits per heavy atom. The maximum absolute atomic E-state index is 5.26. The number of furan rings is 1. The lowest BCUT2D eigenvalue weighted by molar-refractivity contribution is 0.501. The summed E-state index contributed by atoms with van der Waals surface area (Å²) in [6.45, 7) is 2.75. The molecule has 0 atom stereocenters. The van der Waals surface area contributed by atoms with Gasteiger partial charge in [-0.2, -0.15) is 0 Å². The molecule has 2 heterocycles. The lowest BCUT2D eigenvalue weighted by Gasteiger charge is -2.09. The Morgan fingerprint density at radius 1 is 1.32 bits per heavy atom. The number of pyridine rings is 1. The molecule has 2 aromatic rings. The minimum Gasteiger partial charge on any atom is -0.469 e. The lowest BCUT2D eigenvalue weighted by atomic mass is 10.2. The average Bonchev–Trinajstić information content (AvgIpc) is 2.88. The molecule has 0 radical (unpaired) electrons. The molecule has 100 valence electrons. The summed E-state index contributed by atoms with van der Waals surface area (Å²) in [5, 5.41) is 6.81. The third kappa shape index (κ3) is 4.71. The number of thiocarbonyl (C=S) groups is 1. The molecule has 5 heteroatoms. The Hall–Kier alpha value is -1.88. The monoisotopic (exact) mass is 275 g/mol. The van der Waals surface area contributed by atoms with Gasteiger partial charge in [0.2, 0.25) is 0 Å². The minimum atomic E-state index is 0.595. The highest BCUT2D eigenvalue weighted by atomic mass is 32.1. The number of nitrogens with zero attached hydrogens (tertiary/aromatic N) is 1. The highest BCUT2D eigenvalue weighted by Gasteiger charge is 1.99. The van der Waals surface area contributed by atoms with Crippen LogP contribution in [0.1, 0.15) is 17.9 Å². The maximum atomic E-state index is 5.26. The Labute approximate surface area is 118 Å². The van der Waals surface area contributed by atoms with Crippen molar-refractivity contribution >= 4 is 23.1 Å². The summed E-state index contributed by atoms with van der Waals surface area (Å²) < 4.78 is 5.26. The average molecular weight is 275 g/mol. The number of hydrogen-bond acceptors (Lipinski definition) is 3. The van der Waals surface area contributed by atoms with Crippen molar-refractivity contribution in [1.29, 1.82) is 0 Å². The Morgan fingerprint density at radius 2 is 2.21 bits per heavy atom. The van der Waals surface area contributed by atoms with Crippen LogP contribution in [0.25, 0.3) is 0 Å². The molecule has 19 heavy (non-hydrogen) atoms. The zero-order valence-corrected chi connectivity index (χ0v) is 11.7. The molecule has 0 saturated carbocycles. The van der Waals surface area contributed by atoms with Gasteiger partial charge in [-0.3, -0.25) is 0 Å². The third-order valence-electron chi connectivity index (χ3n) is 2.60. The van der Waals surface area contributed by atoms with Crippen LogP contribution in [0.4, 0.5) is 5.82 Å². The van der Waals surface area contributed by atoms with Gasteiger partial charge in [-0.1, -0.05) is 6.07 Å². The topological polar surface area (TPSA) is 50.1 Å². The molecular formula is C14H17N3OS. The van der Waals surface area contributed by atoms with Gasteiger partial charge in [0.1, 0.15) is 11.6 Å². The van der Waals surface area contributed by atoms with E-state index in [9.17, 15) is 0 Å². The predicted molar refractivity (Wildman–Crippen MR) is 80.2 cm³/mol. The molecule has 4 nitrogen and oxygen atoms in total. The molecule has 2 aromatic heterocycles. The van der Waals surface area contributed by atoms with Gasteiger partial charge < -0.3 is 15.1 Å². The van der Waals surface area contributed by atoms with Crippen molar-refractivity contribution in [2.45, 2.75) is 19.8 Å². The van der Waals surface area contributed by atoms with Crippen LogP contribution < -0.4 is 10.6 Å². The molecule has 2 N–H and O–H groups in total. The zero-order chi connectivity index (χ0) is 13.5. The number of aryl methyl sites for hydroxylation is 2. The zero-order valence-electron chi connectivity index (χ0n) is 10.8. The van der Waals surface area contributed by atoms with E-state index in [4.69, 9.17) is 16.6 Å². The molecule has 0 bridgehead atoms. The van der Waals surface area contributed by atoms with Crippen molar-refractivity contribution < 1.29 is 4.42 Å². The molecule has 0 aliphatic heterocycles. The van der Waals surface area contributed by atoms with E-state index in [-0.39, 0.29) is 0 Å².